The number of halogens is 1. The third-order valence-corrected chi connectivity index (χ3v) is 3.43. The molecule has 1 aromatic carbocycles. The van der Waals surface area contributed by atoms with Crippen molar-refractivity contribution in [3.8, 4) is 5.75 Å². The van der Waals surface area contributed by atoms with Gasteiger partial charge in [0, 0.05) is 24.6 Å². The second-order valence-corrected chi connectivity index (χ2v) is 4.41. The largest absolute Gasteiger partial charge is 0.497 e. The molecule has 0 amide bonds. The molecule has 0 saturated heterocycles. The van der Waals surface area contributed by atoms with Crippen LogP contribution in [-0.2, 0) is 11.3 Å². The van der Waals surface area contributed by atoms with Crippen LogP contribution in [0.2, 0.25) is 5.15 Å². The number of methoxy groups -OCH3 is 1. The average molecular weight is 282 g/mol. The van der Waals surface area contributed by atoms with Gasteiger partial charge in [-0.1, -0.05) is 11.6 Å². The molecule has 0 atom stereocenters. The van der Waals surface area contributed by atoms with Gasteiger partial charge in [0.15, 0.2) is 6.29 Å². The predicted molar refractivity (Wildman–Crippen MR) is 75.4 cm³/mol. The molecule has 0 N–H and O–H groups in total. The molecule has 0 aliphatic heterocycles. The highest BCUT2D eigenvalue weighted by Crippen LogP contribution is 2.31. The van der Waals surface area contributed by atoms with Crippen LogP contribution < -0.4 is 4.74 Å². The number of carbonyl (C=O) groups is 1. The van der Waals surface area contributed by atoms with Crippen LogP contribution in [0.5, 0.6) is 5.75 Å². The van der Waals surface area contributed by atoms with Crippen LogP contribution >= 0.6 is 11.6 Å². The van der Waals surface area contributed by atoms with Gasteiger partial charge in [0.2, 0.25) is 0 Å². The number of carbonyl (C=O) groups excluding carboxylic acids is 1. The molecule has 1 aromatic heterocycles. The zero-order valence-corrected chi connectivity index (χ0v) is 11.7. The summed E-state index contributed by atoms with van der Waals surface area (Å²) in [6, 6.07) is 5.54. The Morgan fingerprint density at radius 3 is 2.84 bits per heavy atom. The molecule has 0 unspecified atom stereocenters. The zero-order valence-electron chi connectivity index (χ0n) is 11.0. The molecule has 0 spiro atoms. The van der Waals surface area contributed by atoms with E-state index >= 15 is 0 Å². The maximum absolute atomic E-state index is 11.2. The van der Waals surface area contributed by atoms with E-state index in [1.807, 2.05) is 29.7 Å². The lowest BCUT2D eigenvalue weighted by Gasteiger charge is -2.08. The van der Waals surface area contributed by atoms with Gasteiger partial charge in [-0.05, 0) is 19.1 Å². The van der Waals surface area contributed by atoms with Crippen molar-refractivity contribution in [1.82, 2.24) is 4.57 Å². The van der Waals surface area contributed by atoms with Crippen LogP contribution in [0.1, 0.15) is 17.3 Å². The van der Waals surface area contributed by atoms with Crippen molar-refractivity contribution < 1.29 is 14.3 Å². The van der Waals surface area contributed by atoms with Gasteiger partial charge in [-0.2, -0.15) is 0 Å². The number of benzene rings is 1. The lowest BCUT2D eigenvalue weighted by Crippen LogP contribution is -2.06. The van der Waals surface area contributed by atoms with Crippen molar-refractivity contribution in [2.24, 2.45) is 0 Å². The lowest BCUT2D eigenvalue weighted by molar-refractivity contribution is 0.112. The monoisotopic (exact) mass is 281 g/mol. The third-order valence-electron chi connectivity index (χ3n) is 3.03. The van der Waals surface area contributed by atoms with Gasteiger partial charge in [0.1, 0.15) is 10.9 Å². The SMILES string of the molecule is CCOCCn1c(Cl)c(C=O)c2ccc(OC)cc21. The van der Waals surface area contributed by atoms with Crippen molar-refractivity contribution in [3.05, 3.63) is 28.9 Å². The first-order valence-corrected chi connectivity index (χ1v) is 6.49. The molecular formula is C14H16ClNO3. The van der Waals surface area contributed by atoms with Gasteiger partial charge in [-0.25, -0.2) is 0 Å². The summed E-state index contributed by atoms with van der Waals surface area (Å²) in [5.41, 5.74) is 1.39. The van der Waals surface area contributed by atoms with Crippen molar-refractivity contribution in [2.75, 3.05) is 20.3 Å². The summed E-state index contributed by atoms with van der Waals surface area (Å²) in [4.78, 5) is 11.2. The summed E-state index contributed by atoms with van der Waals surface area (Å²) >= 11 is 6.26. The number of nitrogens with zero attached hydrogens (tertiary/aromatic N) is 1. The van der Waals surface area contributed by atoms with Crippen LogP contribution in [0.4, 0.5) is 0 Å². The number of aldehydes is 1. The third kappa shape index (κ3) is 2.60. The van der Waals surface area contributed by atoms with Crippen LogP contribution in [-0.4, -0.2) is 31.2 Å². The van der Waals surface area contributed by atoms with Crippen molar-refractivity contribution in [1.29, 1.82) is 0 Å². The Balaban J connectivity index is 2.52. The molecule has 0 radical (unpaired) electrons. The fourth-order valence-corrected chi connectivity index (χ4v) is 2.40. The van der Waals surface area contributed by atoms with Crippen molar-refractivity contribution in [3.63, 3.8) is 0 Å². The summed E-state index contributed by atoms with van der Waals surface area (Å²) < 4.78 is 12.4. The average Bonchev–Trinajstić information content (AvgIpc) is 2.70. The smallest absolute Gasteiger partial charge is 0.153 e. The number of fused-ring (bicyclic) bond motifs is 1. The minimum Gasteiger partial charge on any atom is -0.497 e. The normalized spacial score (nSPS) is 10.9. The molecule has 0 bridgehead atoms. The Morgan fingerprint density at radius 1 is 1.42 bits per heavy atom. The number of hydrogen-bond acceptors (Lipinski definition) is 3. The number of rotatable bonds is 6. The van der Waals surface area contributed by atoms with Crippen LogP contribution in [0.25, 0.3) is 10.9 Å². The standard InChI is InChI=1S/C14H16ClNO3/c1-3-19-7-6-16-13-8-10(18-2)4-5-11(13)12(9-17)14(16)15/h4-5,8-9H,3,6-7H2,1-2H3. The van der Waals surface area contributed by atoms with Crippen molar-refractivity contribution in [2.45, 2.75) is 13.5 Å². The Hall–Kier alpha value is -1.52. The molecule has 0 aliphatic rings. The Bertz CT molecular complexity index is 592. The quantitative estimate of drug-likeness (QED) is 0.603. The van der Waals surface area contributed by atoms with Gasteiger partial charge in [-0.15, -0.1) is 0 Å². The molecule has 2 rings (SSSR count). The molecule has 2 aromatic rings. The topological polar surface area (TPSA) is 40.5 Å². The second kappa shape index (κ2) is 6.08. The molecular weight excluding hydrogens is 266 g/mol. The van der Waals surface area contributed by atoms with E-state index in [2.05, 4.69) is 0 Å². The lowest BCUT2D eigenvalue weighted by atomic mass is 10.2. The van der Waals surface area contributed by atoms with E-state index in [4.69, 9.17) is 21.1 Å². The first kappa shape index (κ1) is 13.9. The summed E-state index contributed by atoms with van der Waals surface area (Å²) in [5, 5.41) is 1.27. The highest BCUT2D eigenvalue weighted by molar-refractivity contribution is 6.34. The zero-order chi connectivity index (χ0) is 13.8. The molecule has 4 nitrogen and oxygen atoms in total. The van der Waals surface area contributed by atoms with E-state index in [0.29, 0.717) is 30.5 Å². The van der Waals surface area contributed by atoms with Gasteiger partial charge in [0.25, 0.3) is 0 Å². The van der Waals surface area contributed by atoms with Gasteiger partial charge in [0.05, 0.1) is 24.8 Å². The predicted octanol–water partition coefficient (Wildman–Crippen LogP) is 3.15. The summed E-state index contributed by atoms with van der Waals surface area (Å²) in [6.45, 7) is 3.75. The fourth-order valence-electron chi connectivity index (χ4n) is 2.08. The first-order chi connectivity index (χ1) is 9.22. The Labute approximate surface area is 116 Å². The summed E-state index contributed by atoms with van der Waals surface area (Å²) in [7, 11) is 1.61. The number of hydrogen-bond donors (Lipinski definition) is 0. The van der Waals surface area contributed by atoms with Crippen LogP contribution in [0.15, 0.2) is 18.2 Å². The minimum absolute atomic E-state index is 0.443. The van der Waals surface area contributed by atoms with E-state index in [1.165, 1.54) is 0 Å². The van der Waals surface area contributed by atoms with Gasteiger partial charge >= 0.3 is 0 Å². The summed E-state index contributed by atoms with van der Waals surface area (Å²) in [5.74, 6) is 0.733. The molecule has 0 fully saturated rings. The van der Waals surface area contributed by atoms with Gasteiger partial charge < -0.3 is 14.0 Å². The van der Waals surface area contributed by atoms with Crippen LogP contribution in [0, 0.1) is 0 Å². The molecule has 19 heavy (non-hydrogen) atoms. The molecule has 0 aliphatic carbocycles. The molecule has 102 valence electrons. The van der Waals surface area contributed by atoms with E-state index in [-0.39, 0.29) is 0 Å². The molecule has 5 heteroatoms. The maximum Gasteiger partial charge on any atom is 0.153 e. The number of ether oxygens (including phenoxy) is 2. The maximum atomic E-state index is 11.2. The molecule has 1 heterocycles. The summed E-state index contributed by atoms with van der Waals surface area (Å²) in [6.07, 6.45) is 0.786. The number of aromatic nitrogens is 1. The minimum atomic E-state index is 0.443. The van der Waals surface area contributed by atoms with E-state index < -0.39 is 0 Å². The Morgan fingerprint density at radius 2 is 2.21 bits per heavy atom. The fraction of sp³-hybridized carbons (Fsp3) is 0.357. The highest BCUT2D eigenvalue weighted by Gasteiger charge is 2.15. The van der Waals surface area contributed by atoms with E-state index in [0.717, 1.165) is 22.9 Å². The van der Waals surface area contributed by atoms with E-state index in [1.54, 1.807) is 7.11 Å². The van der Waals surface area contributed by atoms with E-state index in [9.17, 15) is 4.79 Å². The first-order valence-electron chi connectivity index (χ1n) is 6.11. The van der Waals surface area contributed by atoms with Gasteiger partial charge in [-0.3, -0.25) is 4.79 Å². The Kier molecular flexibility index (Phi) is 4.45. The van der Waals surface area contributed by atoms with Crippen molar-refractivity contribution >= 4 is 28.8 Å². The molecule has 0 saturated carbocycles. The second-order valence-electron chi connectivity index (χ2n) is 4.05. The van der Waals surface area contributed by atoms with Crippen LogP contribution in [0.3, 0.4) is 0 Å². The highest BCUT2D eigenvalue weighted by atomic mass is 35.5.